The molecule has 0 bridgehead atoms. The number of carbonyl (C=O) groups excluding carboxylic acids is 1. The standard InChI is InChI=1S/C20H34N3O3S/c1-5-7-8-9-14-25-20-19(21-27-22-20)17-12-10-13-23(4,15-17)16(3)26-18(24)11-6-2/h12,16H,5-11,13-15H2,1-4H3/q+1. The molecule has 6 nitrogen and oxygen atoms in total. The monoisotopic (exact) mass is 396 g/mol. The van der Waals surface area contributed by atoms with Gasteiger partial charge in [0.1, 0.15) is 12.2 Å². The first kappa shape index (κ1) is 21.8. The van der Waals surface area contributed by atoms with E-state index in [0.29, 0.717) is 23.4 Å². The number of ether oxygens (including phenoxy) is 2. The minimum Gasteiger partial charge on any atom is -0.475 e. The number of likely N-dealkylation sites (N-methyl/N-ethyl adjacent to an activating group) is 1. The Hall–Kier alpha value is -1.47. The number of aromatic nitrogens is 2. The summed E-state index contributed by atoms with van der Waals surface area (Å²) >= 11 is 1.20. The molecule has 0 saturated carbocycles. The first-order valence-corrected chi connectivity index (χ1v) is 10.9. The average Bonchev–Trinajstić information content (AvgIpc) is 3.10. The second kappa shape index (κ2) is 10.8. The van der Waals surface area contributed by atoms with Crippen LogP contribution in [0.2, 0.25) is 0 Å². The summed E-state index contributed by atoms with van der Waals surface area (Å²) in [6, 6.07) is 0. The molecule has 1 aliphatic rings. The molecular formula is C20H34N3O3S+. The van der Waals surface area contributed by atoms with Gasteiger partial charge in [0.25, 0.3) is 5.88 Å². The van der Waals surface area contributed by atoms with Crippen molar-refractivity contribution >= 4 is 23.3 Å². The van der Waals surface area contributed by atoms with Crippen LogP contribution in [0.3, 0.4) is 0 Å². The quantitative estimate of drug-likeness (QED) is 0.315. The third-order valence-electron chi connectivity index (χ3n) is 5.20. The Balaban J connectivity index is 1.98. The van der Waals surface area contributed by atoms with Gasteiger partial charge in [0.15, 0.2) is 0 Å². The minimum absolute atomic E-state index is 0.119. The summed E-state index contributed by atoms with van der Waals surface area (Å²) in [5.41, 5.74) is 1.99. The van der Waals surface area contributed by atoms with Crippen molar-refractivity contribution in [1.29, 1.82) is 0 Å². The number of unbranched alkanes of at least 4 members (excludes halogenated alkanes) is 3. The smallest absolute Gasteiger partial charge is 0.310 e. The number of quaternary nitrogens is 1. The molecule has 0 aliphatic carbocycles. The Bertz CT molecular complexity index is 632. The summed E-state index contributed by atoms with van der Waals surface area (Å²) in [5, 5.41) is 0. The third-order valence-corrected chi connectivity index (χ3v) is 5.71. The van der Waals surface area contributed by atoms with Crippen molar-refractivity contribution in [3.05, 3.63) is 11.8 Å². The third kappa shape index (κ3) is 6.28. The van der Waals surface area contributed by atoms with Gasteiger partial charge in [-0.05, 0) is 12.8 Å². The van der Waals surface area contributed by atoms with Gasteiger partial charge in [-0.2, -0.15) is 4.37 Å². The molecule has 2 rings (SSSR count). The lowest BCUT2D eigenvalue weighted by Crippen LogP contribution is -2.55. The topological polar surface area (TPSA) is 61.3 Å². The van der Waals surface area contributed by atoms with Gasteiger partial charge in [-0.1, -0.05) is 39.2 Å². The van der Waals surface area contributed by atoms with Crippen molar-refractivity contribution in [1.82, 2.24) is 8.75 Å². The lowest BCUT2D eigenvalue weighted by atomic mass is 10.0. The fraction of sp³-hybridized carbons (Fsp3) is 0.750. The number of carbonyl (C=O) groups is 1. The van der Waals surface area contributed by atoms with Gasteiger partial charge in [0, 0.05) is 25.3 Å². The number of rotatable bonds is 11. The van der Waals surface area contributed by atoms with Crippen LogP contribution >= 0.6 is 11.7 Å². The zero-order chi connectivity index (χ0) is 19.7. The van der Waals surface area contributed by atoms with Crippen molar-refractivity contribution in [2.24, 2.45) is 0 Å². The lowest BCUT2D eigenvalue weighted by Gasteiger charge is -2.41. The Morgan fingerprint density at radius 2 is 2.07 bits per heavy atom. The normalized spacial score (nSPS) is 20.8. The van der Waals surface area contributed by atoms with E-state index < -0.39 is 0 Å². The van der Waals surface area contributed by atoms with Gasteiger partial charge >= 0.3 is 5.97 Å². The maximum Gasteiger partial charge on any atom is 0.310 e. The van der Waals surface area contributed by atoms with Gasteiger partial charge in [-0.3, -0.25) is 9.28 Å². The van der Waals surface area contributed by atoms with E-state index in [-0.39, 0.29) is 12.2 Å². The summed E-state index contributed by atoms with van der Waals surface area (Å²) in [5.74, 6) is 0.527. The molecule has 7 heteroatoms. The molecular weight excluding hydrogens is 362 g/mol. The Morgan fingerprint density at radius 1 is 1.26 bits per heavy atom. The number of hydrogen-bond donors (Lipinski definition) is 0. The molecule has 2 unspecified atom stereocenters. The van der Waals surface area contributed by atoms with Crippen LogP contribution in [0.15, 0.2) is 6.08 Å². The molecule has 0 N–H and O–H groups in total. The van der Waals surface area contributed by atoms with Crippen LogP contribution in [0, 0.1) is 0 Å². The second-order valence-electron chi connectivity index (χ2n) is 7.55. The zero-order valence-electron chi connectivity index (χ0n) is 17.2. The summed E-state index contributed by atoms with van der Waals surface area (Å²) in [7, 11) is 2.14. The molecule has 2 heterocycles. The van der Waals surface area contributed by atoms with E-state index in [4.69, 9.17) is 9.47 Å². The summed E-state index contributed by atoms with van der Waals surface area (Å²) in [6.45, 7) is 8.56. The molecule has 0 saturated heterocycles. The van der Waals surface area contributed by atoms with Crippen molar-refractivity contribution < 1.29 is 18.8 Å². The van der Waals surface area contributed by atoms with E-state index in [1.807, 2.05) is 13.8 Å². The SMILES string of the molecule is CCCCCCOc1nsnc1C1=CCC[N+](C)(C(C)OC(=O)CCC)C1. The molecule has 1 aromatic heterocycles. The van der Waals surface area contributed by atoms with Crippen LogP contribution in [0.25, 0.3) is 5.57 Å². The number of hydrogen-bond acceptors (Lipinski definition) is 6. The van der Waals surface area contributed by atoms with Crippen LogP contribution in [-0.2, 0) is 9.53 Å². The maximum atomic E-state index is 11.9. The van der Waals surface area contributed by atoms with Crippen LogP contribution in [0.5, 0.6) is 5.88 Å². The Kier molecular flexibility index (Phi) is 8.70. The van der Waals surface area contributed by atoms with E-state index in [2.05, 4.69) is 28.8 Å². The van der Waals surface area contributed by atoms with Gasteiger partial charge in [0.2, 0.25) is 6.23 Å². The van der Waals surface area contributed by atoms with Crippen LogP contribution in [0.4, 0.5) is 0 Å². The fourth-order valence-corrected chi connectivity index (χ4v) is 3.83. The van der Waals surface area contributed by atoms with Crippen molar-refractivity contribution in [3.8, 4) is 5.88 Å². The maximum absolute atomic E-state index is 11.9. The summed E-state index contributed by atoms with van der Waals surface area (Å²) < 4.78 is 21.1. The van der Waals surface area contributed by atoms with Gasteiger partial charge in [0.05, 0.1) is 31.9 Å². The molecule has 1 aliphatic heterocycles. The van der Waals surface area contributed by atoms with E-state index in [0.717, 1.165) is 43.6 Å². The Morgan fingerprint density at radius 3 is 2.81 bits per heavy atom. The molecule has 152 valence electrons. The zero-order valence-corrected chi connectivity index (χ0v) is 18.0. The largest absolute Gasteiger partial charge is 0.475 e. The van der Waals surface area contributed by atoms with Crippen molar-refractivity contribution in [2.75, 3.05) is 26.7 Å². The van der Waals surface area contributed by atoms with E-state index in [9.17, 15) is 4.79 Å². The molecule has 0 spiro atoms. The predicted molar refractivity (Wildman–Crippen MR) is 109 cm³/mol. The molecule has 0 aromatic carbocycles. The first-order chi connectivity index (χ1) is 13.0. The molecule has 27 heavy (non-hydrogen) atoms. The van der Waals surface area contributed by atoms with Gasteiger partial charge in [-0.15, -0.1) is 4.37 Å². The second-order valence-corrected chi connectivity index (χ2v) is 8.07. The van der Waals surface area contributed by atoms with Gasteiger partial charge < -0.3 is 9.47 Å². The Labute approximate surface area is 167 Å². The molecule has 0 fully saturated rings. The minimum atomic E-state index is -0.183. The van der Waals surface area contributed by atoms with E-state index in [1.54, 1.807) is 0 Å². The van der Waals surface area contributed by atoms with Crippen molar-refractivity contribution in [2.45, 2.75) is 71.9 Å². The highest BCUT2D eigenvalue weighted by atomic mass is 32.1. The average molecular weight is 397 g/mol. The predicted octanol–water partition coefficient (Wildman–Crippen LogP) is 4.42. The first-order valence-electron chi connectivity index (χ1n) is 10.2. The number of esters is 1. The molecule has 0 radical (unpaired) electrons. The highest BCUT2D eigenvalue weighted by molar-refractivity contribution is 6.99. The summed E-state index contributed by atoms with van der Waals surface area (Å²) in [6.07, 6.45) is 8.93. The molecule has 1 aromatic rings. The highest BCUT2D eigenvalue weighted by Gasteiger charge is 2.36. The molecule has 2 atom stereocenters. The highest BCUT2D eigenvalue weighted by Crippen LogP contribution is 2.31. The van der Waals surface area contributed by atoms with E-state index in [1.165, 1.54) is 31.0 Å². The van der Waals surface area contributed by atoms with E-state index >= 15 is 0 Å². The molecule has 0 amide bonds. The van der Waals surface area contributed by atoms with Crippen LogP contribution in [-0.4, -0.2) is 52.2 Å². The summed E-state index contributed by atoms with van der Waals surface area (Å²) in [4.78, 5) is 11.9. The van der Waals surface area contributed by atoms with Crippen molar-refractivity contribution in [3.63, 3.8) is 0 Å². The lowest BCUT2D eigenvalue weighted by molar-refractivity contribution is -0.944. The van der Waals surface area contributed by atoms with Crippen LogP contribution < -0.4 is 4.74 Å². The fourth-order valence-electron chi connectivity index (χ4n) is 3.30. The number of nitrogens with zero attached hydrogens (tertiary/aromatic N) is 3. The van der Waals surface area contributed by atoms with Crippen LogP contribution in [0.1, 0.15) is 71.4 Å². The van der Waals surface area contributed by atoms with Gasteiger partial charge in [-0.25, -0.2) is 0 Å².